The average molecular weight is 262 g/mol. The largest absolute Gasteiger partial charge is 0.508 e. The van der Waals surface area contributed by atoms with Gasteiger partial charge in [-0.05, 0) is 57.5 Å². The summed E-state index contributed by atoms with van der Waals surface area (Å²) in [5.74, 6) is 0.186. The zero-order chi connectivity index (χ0) is 13.7. The maximum absolute atomic E-state index is 12.5. The van der Waals surface area contributed by atoms with Crippen LogP contribution in [0.5, 0.6) is 5.75 Å². The van der Waals surface area contributed by atoms with Gasteiger partial charge in [-0.3, -0.25) is 4.79 Å². The lowest BCUT2D eigenvalue weighted by Crippen LogP contribution is -2.44. The molecule has 1 aliphatic heterocycles. The normalized spacial score (nSPS) is 19.4. The molecule has 1 heterocycles. The molecule has 0 spiro atoms. The van der Waals surface area contributed by atoms with Gasteiger partial charge in [0.1, 0.15) is 5.75 Å². The molecule has 0 aliphatic carbocycles. The van der Waals surface area contributed by atoms with Gasteiger partial charge >= 0.3 is 0 Å². The van der Waals surface area contributed by atoms with E-state index in [2.05, 4.69) is 5.32 Å². The summed E-state index contributed by atoms with van der Waals surface area (Å²) < 4.78 is 0. The van der Waals surface area contributed by atoms with Crippen LogP contribution in [0, 0.1) is 0 Å². The number of likely N-dealkylation sites (tertiary alicyclic amines) is 1. The molecule has 1 aromatic carbocycles. The van der Waals surface area contributed by atoms with Gasteiger partial charge in [-0.1, -0.05) is 6.07 Å². The fraction of sp³-hybridized carbons (Fsp3) is 0.533. The molecule has 2 N–H and O–H groups in total. The molecule has 1 amide bonds. The van der Waals surface area contributed by atoms with Crippen LogP contribution in [-0.4, -0.2) is 42.1 Å². The van der Waals surface area contributed by atoms with E-state index in [9.17, 15) is 9.90 Å². The minimum Gasteiger partial charge on any atom is -0.508 e. The molecular formula is C15H22N2O2. The molecule has 4 nitrogen and oxygen atoms in total. The fourth-order valence-electron chi connectivity index (χ4n) is 2.68. The van der Waals surface area contributed by atoms with E-state index in [-0.39, 0.29) is 11.7 Å². The van der Waals surface area contributed by atoms with Crippen LogP contribution in [0.1, 0.15) is 36.0 Å². The molecule has 0 radical (unpaired) electrons. The number of aromatic hydroxyl groups is 1. The molecule has 4 heteroatoms. The lowest BCUT2D eigenvalue weighted by molar-refractivity contribution is 0.0602. The number of phenols is 1. The van der Waals surface area contributed by atoms with Crippen LogP contribution < -0.4 is 5.32 Å². The van der Waals surface area contributed by atoms with Crippen molar-refractivity contribution in [3.63, 3.8) is 0 Å². The third kappa shape index (κ3) is 3.47. The van der Waals surface area contributed by atoms with Gasteiger partial charge in [-0.2, -0.15) is 0 Å². The van der Waals surface area contributed by atoms with E-state index in [1.54, 1.807) is 24.3 Å². The van der Waals surface area contributed by atoms with Crippen molar-refractivity contribution in [1.29, 1.82) is 0 Å². The number of hydrogen-bond acceptors (Lipinski definition) is 3. The molecule has 1 unspecified atom stereocenters. The van der Waals surface area contributed by atoms with E-state index in [1.165, 1.54) is 6.42 Å². The van der Waals surface area contributed by atoms with Gasteiger partial charge in [0, 0.05) is 18.2 Å². The number of phenolic OH excluding ortho intramolecular Hbond substituents is 1. The number of carbonyl (C=O) groups is 1. The summed E-state index contributed by atoms with van der Waals surface area (Å²) in [5.41, 5.74) is 0.580. The highest BCUT2D eigenvalue weighted by Crippen LogP contribution is 2.22. The lowest BCUT2D eigenvalue weighted by atomic mass is 9.98. The SMILES string of the molecule is CNCCC1CCCCN1C(=O)c1cccc(O)c1. The first-order valence-electron chi connectivity index (χ1n) is 6.97. The molecule has 0 aromatic heterocycles. The average Bonchev–Trinajstić information content (AvgIpc) is 2.44. The monoisotopic (exact) mass is 262 g/mol. The number of hydrogen-bond donors (Lipinski definition) is 2. The van der Waals surface area contributed by atoms with Gasteiger partial charge in [-0.15, -0.1) is 0 Å². The van der Waals surface area contributed by atoms with Crippen LogP contribution in [0.2, 0.25) is 0 Å². The second-order valence-corrected chi connectivity index (χ2v) is 5.09. The van der Waals surface area contributed by atoms with Crippen molar-refractivity contribution < 1.29 is 9.90 Å². The highest BCUT2D eigenvalue weighted by molar-refractivity contribution is 5.94. The summed E-state index contributed by atoms with van der Waals surface area (Å²) in [6.07, 6.45) is 4.33. The Morgan fingerprint density at radius 1 is 1.47 bits per heavy atom. The molecule has 1 aromatic rings. The van der Waals surface area contributed by atoms with Crippen LogP contribution in [0.25, 0.3) is 0 Å². The predicted octanol–water partition coefficient (Wildman–Crippen LogP) is 2.00. The fourth-order valence-corrected chi connectivity index (χ4v) is 2.68. The molecule has 1 saturated heterocycles. The zero-order valence-electron chi connectivity index (χ0n) is 11.4. The third-order valence-corrected chi connectivity index (χ3v) is 3.71. The Balaban J connectivity index is 2.10. The standard InChI is InChI=1S/C15H22N2O2/c1-16-9-8-13-6-2-3-10-17(13)15(19)12-5-4-7-14(18)11-12/h4-5,7,11,13,16,18H,2-3,6,8-10H2,1H3. The van der Waals surface area contributed by atoms with Crippen molar-refractivity contribution in [2.75, 3.05) is 20.1 Å². The minimum atomic E-state index is 0.0386. The Labute approximate surface area is 114 Å². The van der Waals surface area contributed by atoms with Crippen molar-refractivity contribution in [2.24, 2.45) is 0 Å². The number of piperidine rings is 1. The van der Waals surface area contributed by atoms with Gasteiger partial charge in [0.2, 0.25) is 0 Å². The van der Waals surface area contributed by atoms with Gasteiger partial charge in [0.25, 0.3) is 5.91 Å². The first-order chi connectivity index (χ1) is 9.22. The van der Waals surface area contributed by atoms with Crippen LogP contribution in [-0.2, 0) is 0 Å². The quantitative estimate of drug-likeness (QED) is 0.872. The Morgan fingerprint density at radius 3 is 3.05 bits per heavy atom. The summed E-state index contributed by atoms with van der Waals surface area (Å²) in [6.45, 7) is 1.75. The molecular weight excluding hydrogens is 240 g/mol. The molecule has 1 fully saturated rings. The van der Waals surface area contributed by atoms with Crippen LogP contribution in [0.15, 0.2) is 24.3 Å². The molecule has 1 aliphatic rings. The second kappa shape index (κ2) is 6.57. The van der Waals surface area contributed by atoms with Crippen LogP contribution in [0.4, 0.5) is 0 Å². The van der Waals surface area contributed by atoms with Gasteiger partial charge in [0.15, 0.2) is 0 Å². The van der Waals surface area contributed by atoms with E-state index < -0.39 is 0 Å². The number of carbonyl (C=O) groups excluding carboxylic acids is 1. The van der Waals surface area contributed by atoms with Crippen molar-refractivity contribution in [3.05, 3.63) is 29.8 Å². The van der Waals surface area contributed by atoms with Crippen molar-refractivity contribution in [1.82, 2.24) is 10.2 Å². The minimum absolute atomic E-state index is 0.0386. The molecule has 104 valence electrons. The highest BCUT2D eigenvalue weighted by atomic mass is 16.3. The molecule has 0 bridgehead atoms. The lowest BCUT2D eigenvalue weighted by Gasteiger charge is -2.36. The highest BCUT2D eigenvalue weighted by Gasteiger charge is 2.26. The molecule has 2 rings (SSSR count). The molecule has 19 heavy (non-hydrogen) atoms. The predicted molar refractivity (Wildman–Crippen MR) is 75.3 cm³/mol. The molecule has 1 atom stereocenters. The van der Waals surface area contributed by atoms with E-state index >= 15 is 0 Å². The van der Waals surface area contributed by atoms with Crippen LogP contribution >= 0.6 is 0 Å². The number of amides is 1. The Kier molecular flexibility index (Phi) is 4.80. The van der Waals surface area contributed by atoms with E-state index in [0.29, 0.717) is 11.6 Å². The van der Waals surface area contributed by atoms with E-state index in [1.807, 2.05) is 11.9 Å². The van der Waals surface area contributed by atoms with E-state index in [0.717, 1.165) is 32.4 Å². The first kappa shape index (κ1) is 13.9. The van der Waals surface area contributed by atoms with E-state index in [4.69, 9.17) is 0 Å². The number of nitrogens with one attached hydrogen (secondary N) is 1. The zero-order valence-corrected chi connectivity index (χ0v) is 11.4. The number of rotatable bonds is 4. The summed E-state index contributed by atoms with van der Waals surface area (Å²) in [6, 6.07) is 6.94. The smallest absolute Gasteiger partial charge is 0.254 e. The summed E-state index contributed by atoms with van der Waals surface area (Å²) in [7, 11) is 1.93. The van der Waals surface area contributed by atoms with Gasteiger partial charge in [0.05, 0.1) is 0 Å². The number of benzene rings is 1. The maximum Gasteiger partial charge on any atom is 0.254 e. The van der Waals surface area contributed by atoms with Crippen molar-refractivity contribution >= 4 is 5.91 Å². The Morgan fingerprint density at radius 2 is 2.32 bits per heavy atom. The van der Waals surface area contributed by atoms with Gasteiger partial charge in [-0.25, -0.2) is 0 Å². The molecule has 0 saturated carbocycles. The summed E-state index contributed by atoms with van der Waals surface area (Å²) >= 11 is 0. The van der Waals surface area contributed by atoms with Crippen molar-refractivity contribution in [3.8, 4) is 5.75 Å². The summed E-state index contributed by atoms with van der Waals surface area (Å²) in [4.78, 5) is 14.5. The van der Waals surface area contributed by atoms with Crippen LogP contribution in [0.3, 0.4) is 0 Å². The topological polar surface area (TPSA) is 52.6 Å². The number of nitrogens with zero attached hydrogens (tertiary/aromatic N) is 1. The summed E-state index contributed by atoms with van der Waals surface area (Å²) in [5, 5.41) is 12.6. The Bertz CT molecular complexity index is 434. The Hall–Kier alpha value is -1.55. The van der Waals surface area contributed by atoms with Gasteiger partial charge < -0.3 is 15.3 Å². The third-order valence-electron chi connectivity index (χ3n) is 3.71. The first-order valence-corrected chi connectivity index (χ1v) is 6.97. The van der Waals surface area contributed by atoms with Crippen molar-refractivity contribution in [2.45, 2.75) is 31.7 Å². The maximum atomic E-state index is 12.5. The second-order valence-electron chi connectivity index (χ2n) is 5.09.